The number of hydrogen-bond donors (Lipinski definition) is 2. The fraction of sp³-hybridized carbons (Fsp3) is 0.462. The summed E-state index contributed by atoms with van der Waals surface area (Å²) in [4.78, 5) is 6.57. The van der Waals surface area contributed by atoms with Gasteiger partial charge in [-0.05, 0) is 26.0 Å². The molecule has 5 heteroatoms. The van der Waals surface area contributed by atoms with Gasteiger partial charge in [-0.15, -0.1) is 0 Å². The summed E-state index contributed by atoms with van der Waals surface area (Å²) in [6, 6.07) is 9.93. The van der Waals surface area contributed by atoms with Crippen molar-refractivity contribution in [1.29, 1.82) is 0 Å². The Balaban J connectivity index is 2.89. The summed E-state index contributed by atoms with van der Waals surface area (Å²) in [5.41, 5.74) is 3.53. The maximum Gasteiger partial charge on any atom is 0.213 e. The minimum Gasteiger partial charge on any atom is -0.383 e. The zero-order chi connectivity index (χ0) is 13.4. The molecule has 1 unspecified atom stereocenters. The lowest BCUT2D eigenvalue weighted by Gasteiger charge is -2.29. The van der Waals surface area contributed by atoms with Crippen LogP contribution in [0.25, 0.3) is 0 Å². The van der Waals surface area contributed by atoms with Crippen LogP contribution in [0.5, 0.6) is 0 Å². The zero-order valence-corrected chi connectivity index (χ0v) is 11.3. The molecule has 0 aromatic heterocycles. The van der Waals surface area contributed by atoms with E-state index in [4.69, 9.17) is 10.6 Å². The van der Waals surface area contributed by atoms with Gasteiger partial charge in [-0.1, -0.05) is 18.2 Å². The Hall–Kier alpha value is -1.59. The molecule has 0 heterocycles. The fourth-order valence-electron chi connectivity index (χ4n) is 1.81. The van der Waals surface area contributed by atoms with Crippen molar-refractivity contribution in [2.75, 3.05) is 20.3 Å². The van der Waals surface area contributed by atoms with Crippen molar-refractivity contribution in [2.45, 2.75) is 19.9 Å². The van der Waals surface area contributed by atoms with E-state index in [2.05, 4.69) is 29.2 Å². The SMILES string of the molecule is CCN(C(=Nc1ccccc1)NN)C(C)COC. The van der Waals surface area contributed by atoms with E-state index in [1.165, 1.54) is 0 Å². The second-order valence-electron chi connectivity index (χ2n) is 4.01. The molecule has 1 rings (SSSR count). The highest BCUT2D eigenvalue weighted by Gasteiger charge is 2.15. The Morgan fingerprint density at radius 3 is 2.61 bits per heavy atom. The smallest absolute Gasteiger partial charge is 0.213 e. The molecule has 3 N–H and O–H groups in total. The normalized spacial score (nSPS) is 13.2. The van der Waals surface area contributed by atoms with Crippen molar-refractivity contribution in [3.8, 4) is 0 Å². The van der Waals surface area contributed by atoms with Gasteiger partial charge in [0.25, 0.3) is 0 Å². The number of para-hydroxylation sites is 1. The lowest BCUT2D eigenvalue weighted by Crippen LogP contribution is -2.49. The zero-order valence-electron chi connectivity index (χ0n) is 11.3. The first-order valence-corrected chi connectivity index (χ1v) is 6.08. The number of likely N-dealkylation sites (N-methyl/N-ethyl adjacent to an activating group) is 1. The van der Waals surface area contributed by atoms with Gasteiger partial charge in [0.1, 0.15) is 0 Å². The Morgan fingerprint density at radius 2 is 2.11 bits per heavy atom. The summed E-state index contributed by atoms with van der Waals surface area (Å²) in [5.74, 6) is 6.21. The second-order valence-corrected chi connectivity index (χ2v) is 4.01. The Bertz CT molecular complexity index is 367. The molecular weight excluding hydrogens is 228 g/mol. The molecule has 100 valence electrons. The molecule has 1 atom stereocenters. The van der Waals surface area contributed by atoms with Crippen molar-refractivity contribution in [2.24, 2.45) is 10.8 Å². The topological polar surface area (TPSA) is 62.9 Å². The third-order valence-electron chi connectivity index (χ3n) is 2.67. The molecule has 1 aromatic carbocycles. The molecule has 0 fully saturated rings. The van der Waals surface area contributed by atoms with Crippen molar-refractivity contribution in [3.05, 3.63) is 30.3 Å². The number of aliphatic imine (C=N–C) groups is 1. The molecule has 0 aliphatic rings. The van der Waals surface area contributed by atoms with Crippen LogP contribution in [0.15, 0.2) is 35.3 Å². The lowest BCUT2D eigenvalue weighted by molar-refractivity contribution is 0.136. The lowest BCUT2D eigenvalue weighted by atomic mass is 10.3. The molecule has 0 spiro atoms. The Kier molecular flexibility index (Phi) is 6.18. The standard InChI is InChI=1S/C13H22N4O/c1-4-17(11(2)10-18-3)13(16-14)15-12-8-6-5-7-9-12/h5-9,11H,4,10,14H2,1-3H3,(H,15,16). The summed E-state index contributed by atoms with van der Waals surface area (Å²) in [7, 11) is 1.69. The van der Waals surface area contributed by atoms with Crippen molar-refractivity contribution < 1.29 is 4.74 Å². The highest BCUT2D eigenvalue weighted by Crippen LogP contribution is 2.11. The number of nitrogens with two attached hydrogens (primary N) is 1. The Morgan fingerprint density at radius 1 is 1.44 bits per heavy atom. The first kappa shape index (κ1) is 14.5. The molecule has 5 nitrogen and oxygen atoms in total. The van der Waals surface area contributed by atoms with Crippen LogP contribution in [-0.4, -0.2) is 37.2 Å². The van der Waals surface area contributed by atoms with Crippen LogP contribution in [0, 0.1) is 0 Å². The largest absolute Gasteiger partial charge is 0.383 e. The minimum absolute atomic E-state index is 0.207. The minimum atomic E-state index is 0.207. The van der Waals surface area contributed by atoms with E-state index < -0.39 is 0 Å². The van der Waals surface area contributed by atoms with Crippen LogP contribution < -0.4 is 11.3 Å². The average Bonchev–Trinajstić information content (AvgIpc) is 2.40. The van der Waals surface area contributed by atoms with Gasteiger partial charge >= 0.3 is 0 Å². The number of nitrogens with zero attached hydrogens (tertiary/aromatic N) is 2. The fourth-order valence-corrected chi connectivity index (χ4v) is 1.81. The molecule has 18 heavy (non-hydrogen) atoms. The molecule has 0 radical (unpaired) electrons. The monoisotopic (exact) mass is 250 g/mol. The molecule has 0 aliphatic heterocycles. The van der Waals surface area contributed by atoms with Crippen LogP contribution in [0.1, 0.15) is 13.8 Å². The number of guanidine groups is 1. The number of nitrogens with one attached hydrogen (secondary N) is 1. The van der Waals surface area contributed by atoms with Crippen LogP contribution >= 0.6 is 0 Å². The first-order valence-electron chi connectivity index (χ1n) is 6.08. The molecular formula is C13H22N4O. The highest BCUT2D eigenvalue weighted by atomic mass is 16.5. The van der Waals surface area contributed by atoms with E-state index in [-0.39, 0.29) is 6.04 Å². The van der Waals surface area contributed by atoms with Crippen LogP contribution in [-0.2, 0) is 4.74 Å². The molecule has 0 aliphatic carbocycles. The summed E-state index contributed by atoms with van der Waals surface area (Å²) in [5, 5.41) is 0. The summed E-state index contributed by atoms with van der Waals surface area (Å²) < 4.78 is 5.17. The maximum absolute atomic E-state index is 5.57. The molecule has 0 saturated carbocycles. The van der Waals surface area contributed by atoms with Crippen molar-refractivity contribution >= 4 is 11.6 Å². The highest BCUT2D eigenvalue weighted by molar-refractivity contribution is 5.82. The summed E-state index contributed by atoms with van der Waals surface area (Å²) in [6.07, 6.45) is 0. The van der Waals surface area contributed by atoms with Crippen molar-refractivity contribution in [3.63, 3.8) is 0 Å². The van der Waals surface area contributed by atoms with Crippen molar-refractivity contribution in [1.82, 2.24) is 10.3 Å². The first-order chi connectivity index (χ1) is 8.72. The predicted molar refractivity (Wildman–Crippen MR) is 74.6 cm³/mol. The predicted octanol–water partition coefficient (Wildman–Crippen LogP) is 1.49. The maximum atomic E-state index is 5.57. The number of benzene rings is 1. The number of hydrogen-bond acceptors (Lipinski definition) is 3. The second kappa shape index (κ2) is 7.68. The number of ether oxygens (including phenoxy) is 1. The van der Waals surface area contributed by atoms with E-state index in [1.54, 1.807) is 7.11 Å². The van der Waals surface area contributed by atoms with Crippen LogP contribution in [0.2, 0.25) is 0 Å². The van der Waals surface area contributed by atoms with Gasteiger partial charge in [-0.2, -0.15) is 0 Å². The van der Waals surface area contributed by atoms with Gasteiger partial charge in [0.2, 0.25) is 5.96 Å². The third kappa shape index (κ3) is 4.01. The molecule has 0 amide bonds. The van der Waals surface area contributed by atoms with Crippen LogP contribution in [0.4, 0.5) is 5.69 Å². The molecule has 0 saturated heterocycles. The Labute approximate surface area is 109 Å². The van der Waals surface area contributed by atoms with Gasteiger partial charge in [-0.3, -0.25) is 5.43 Å². The van der Waals surface area contributed by atoms with E-state index in [9.17, 15) is 0 Å². The van der Waals surface area contributed by atoms with Gasteiger partial charge in [0.15, 0.2) is 0 Å². The number of rotatable bonds is 5. The van der Waals surface area contributed by atoms with Gasteiger partial charge in [-0.25, -0.2) is 10.8 Å². The van der Waals surface area contributed by atoms with Gasteiger partial charge in [0.05, 0.1) is 18.3 Å². The molecule has 1 aromatic rings. The van der Waals surface area contributed by atoms with E-state index in [1.807, 2.05) is 30.3 Å². The number of hydrazine groups is 1. The summed E-state index contributed by atoms with van der Waals surface area (Å²) in [6.45, 7) is 5.57. The van der Waals surface area contributed by atoms with Crippen LogP contribution in [0.3, 0.4) is 0 Å². The van der Waals surface area contributed by atoms with Gasteiger partial charge < -0.3 is 9.64 Å². The van der Waals surface area contributed by atoms with E-state index in [0.29, 0.717) is 12.6 Å². The number of methoxy groups -OCH3 is 1. The molecule has 0 bridgehead atoms. The third-order valence-corrected chi connectivity index (χ3v) is 2.67. The summed E-state index contributed by atoms with van der Waals surface area (Å²) >= 11 is 0. The van der Waals surface area contributed by atoms with Gasteiger partial charge in [0, 0.05) is 13.7 Å². The quantitative estimate of drug-likeness (QED) is 0.360. The average molecular weight is 250 g/mol. The van der Waals surface area contributed by atoms with E-state index >= 15 is 0 Å². The van der Waals surface area contributed by atoms with E-state index in [0.717, 1.165) is 12.2 Å².